The van der Waals surface area contributed by atoms with Crippen LogP contribution in [0.1, 0.15) is 0 Å². The second-order valence-corrected chi connectivity index (χ2v) is 30.4. The Bertz CT molecular complexity index is 7700. The first-order valence-electron chi connectivity index (χ1n) is 39.2. The Kier molecular flexibility index (Phi) is 17.6. The molecule has 13 nitrogen and oxygen atoms in total. The molecule has 0 saturated carbocycles. The molecular formula is C104H63N13S2. The van der Waals surface area contributed by atoms with E-state index in [1.165, 1.54) is 45.3 Å². The van der Waals surface area contributed by atoms with Crippen LogP contribution in [0.5, 0.6) is 0 Å². The summed E-state index contributed by atoms with van der Waals surface area (Å²) in [5, 5.41) is 8.80. The van der Waals surface area contributed by atoms with Gasteiger partial charge in [0.15, 0.2) is 34.9 Å². The molecular weight excluding hydrogens is 1500 g/mol. The highest BCUT2D eigenvalue weighted by Gasteiger charge is 2.23. The molecule has 556 valence electrons. The molecule has 0 amide bonds. The normalized spacial score (nSPS) is 11.5. The van der Waals surface area contributed by atoms with Gasteiger partial charge < -0.3 is 4.57 Å². The van der Waals surface area contributed by atoms with Crippen LogP contribution in [0.15, 0.2) is 382 Å². The lowest BCUT2D eigenvalue weighted by Crippen LogP contribution is -2.00. The zero-order valence-electron chi connectivity index (χ0n) is 63.5. The minimum Gasteiger partial charge on any atom is -0.309 e. The number of nitrogens with zero attached hydrogens (tertiary/aromatic N) is 13. The minimum atomic E-state index is 0.594. The van der Waals surface area contributed by atoms with Crippen LogP contribution in [0.3, 0.4) is 0 Å². The minimum absolute atomic E-state index is 0.594. The molecule has 0 spiro atoms. The van der Waals surface area contributed by atoms with Crippen molar-refractivity contribution in [1.82, 2.24) is 61.9 Å². The van der Waals surface area contributed by atoms with Crippen LogP contribution in [0, 0.1) is 0 Å². The molecule has 16 aromatic carbocycles. The van der Waals surface area contributed by atoms with E-state index in [0.717, 1.165) is 172 Å². The molecule has 0 atom stereocenters. The number of hydrogen-bond donors (Lipinski definition) is 0. The summed E-state index contributed by atoms with van der Waals surface area (Å²) in [5.74, 6) is 3.63. The zero-order chi connectivity index (χ0) is 78.7. The van der Waals surface area contributed by atoms with E-state index in [2.05, 4.69) is 329 Å². The van der Waals surface area contributed by atoms with E-state index >= 15 is 0 Å². The Hall–Kier alpha value is -15.7. The molecule has 0 saturated heterocycles. The SMILES string of the molecule is c1ccc(-c2cccc(-c3nc(-c4cccc(-c5ccccc5)c4)nc(-c4cccc(-c5ccc6c(c5)nc(-c5ccccc5)c5ccc7nsnc7c56)c4)n3)c2)cc1.c1ccc(-c2nc(-c3ccc(-n4c5ccccc5c5ccccc54)cc3)nc(-c3cccc(-c4ccc5c(c4)nc(-c4ccccc4)c4ccc6nsnc6c45)c3)n2)cc1. The maximum atomic E-state index is 5.30. The quantitative estimate of drug-likeness (QED) is 0.101. The van der Waals surface area contributed by atoms with E-state index in [-0.39, 0.29) is 0 Å². The predicted octanol–water partition coefficient (Wildman–Crippen LogP) is 26.3. The number of fused-ring (bicyclic) bond motifs is 13. The summed E-state index contributed by atoms with van der Waals surface area (Å²) in [7, 11) is 0. The lowest BCUT2D eigenvalue weighted by atomic mass is 9.96. The highest BCUT2D eigenvalue weighted by atomic mass is 32.1. The van der Waals surface area contributed by atoms with Gasteiger partial charge in [0.25, 0.3) is 0 Å². The van der Waals surface area contributed by atoms with Gasteiger partial charge in [-0.05, 0) is 142 Å². The molecule has 0 fully saturated rings. The van der Waals surface area contributed by atoms with Gasteiger partial charge in [0.05, 0.1) is 56.9 Å². The Labute approximate surface area is 691 Å². The van der Waals surface area contributed by atoms with Gasteiger partial charge >= 0.3 is 0 Å². The van der Waals surface area contributed by atoms with Crippen LogP contribution >= 0.6 is 23.5 Å². The lowest BCUT2D eigenvalue weighted by Gasteiger charge is -2.13. The number of benzene rings is 16. The maximum absolute atomic E-state index is 5.30. The van der Waals surface area contributed by atoms with Crippen molar-refractivity contribution in [2.75, 3.05) is 0 Å². The van der Waals surface area contributed by atoms with Crippen molar-refractivity contribution in [1.29, 1.82) is 0 Å². The first-order valence-corrected chi connectivity index (χ1v) is 40.7. The fraction of sp³-hybridized carbons (Fsp3) is 0. The van der Waals surface area contributed by atoms with Crippen LogP contribution in [0.2, 0.25) is 0 Å². The molecule has 0 bridgehead atoms. The number of hydrogen-bond acceptors (Lipinski definition) is 14. The summed E-state index contributed by atoms with van der Waals surface area (Å²) in [6, 6.07) is 132. The standard InChI is InChI=1S/C52H31N7S.C52H32N6S/c1-3-12-32(13-4-1)48-42-28-29-43-49(58-60-57-43)47(42)41-27-24-36(31-44(41)53-48)35-16-11-17-37(30-35)52-55-50(33-14-5-2-6-15-33)54-51(56-52)34-22-25-38(26-23-34)59-45-20-9-7-18-39(45)40-19-8-10-21-46(40)59;1-4-13-33(14-5-1)36-19-10-22-40(29-36)50-54-51(41-23-11-20-37(30-41)34-15-6-2-7-16-34)56-52(55-50)42-24-12-21-38(31-42)39-25-26-43-46(32-39)53-48(35-17-8-3-9-18-35)44-27-28-45-49(47(43)44)58-59-57-45/h1-31H;1-32H. The molecule has 23 rings (SSSR count). The van der Waals surface area contributed by atoms with Gasteiger partial charge in [-0.3, -0.25) is 0 Å². The number of rotatable bonds is 13. The molecule has 15 heteroatoms. The van der Waals surface area contributed by atoms with Gasteiger partial charge in [0.2, 0.25) is 0 Å². The topological polar surface area (TPSA) is 160 Å². The van der Waals surface area contributed by atoms with Crippen molar-refractivity contribution >= 4 is 111 Å². The van der Waals surface area contributed by atoms with Crippen molar-refractivity contribution < 1.29 is 0 Å². The van der Waals surface area contributed by atoms with Crippen LogP contribution in [-0.4, -0.2) is 61.9 Å². The summed E-state index contributed by atoms with van der Waals surface area (Å²) < 4.78 is 20.9. The molecule has 23 aromatic rings. The van der Waals surface area contributed by atoms with Crippen LogP contribution in [0.25, 0.3) is 228 Å². The highest BCUT2D eigenvalue weighted by molar-refractivity contribution is 7.00. The average molecular weight is 1560 g/mol. The Balaban J connectivity index is 0.000000143. The van der Waals surface area contributed by atoms with E-state index in [1.54, 1.807) is 0 Å². The Morgan fingerprint density at radius 3 is 0.849 bits per heavy atom. The number of pyridine rings is 2. The van der Waals surface area contributed by atoms with Gasteiger partial charge in [0, 0.05) is 93.3 Å². The summed E-state index contributed by atoms with van der Waals surface area (Å²) in [6.07, 6.45) is 0. The Morgan fingerprint density at radius 1 is 0.176 bits per heavy atom. The third kappa shape index (κ3) is 13.1. The first-order chi connectivity index (χ1) is 58.9. The predicted molar refractivity (Wildman–Crippen MR) is 487 cm³/mol. The van der Waals surface area contributed by atoms with E-state index in [4.69, 9.17) is 48.6 Å². The summed E-state index contributed by atoms with van der Waals surface area (Å²) in [6.45, 7) is 0. The molecule has 0 radical (unpaired) electrons. The fourth-order valence-electron chi connectivity index (χ4n) is 16.4. The first kappa shape index (κ1) is 70.0. The fourth-order valence-corrected chi connectivity index (χ4v) is 17.4. The van der Waals surface area contributed by atoms with Crippen molar-refractivity contribution in [2.45, 2.75) is 0 Å². The van der Waals surface area contributed by atoms with E-state index < -0.39 is 0 Å². The smallest absolute Gasteiger partial charge is 0.164 e. The monoisotopic (exact) mass is 1560 g/mol. The van der Waals surface area contributed by atoms with Gasteiger partial charge in [-0.2, -0.15) is 17.5 Å². The van der Waals surface area contributed by atoms with Crippen molar-refractivity contribution in [2.24, 2.45) is 0 Å². The van der Waals surface area contributed by atoms with E-state index in [0.29, 0.717) is 34.9 Å². The van der Waals surface area contributed by atoms with Crippen molar-refractivity contribution in [3.05, 3.63) is 382 Å². The molecule has 0 unspecified atom stereocenters. The lowest BCUT2D eigenvalue weighted by molar-refractivity contribution is 1.07. The molecule has 0 N–H and O–H groups in total. The second kappa shape index (κ2) is 29.9. The second-order valence-electron chi connectivity index (χ2n) is 29.3. The Morgan fingerprint density at radius 2 is 0.462 bits per heavy atom. The van der Waals surface area contributed by atoms with Gasteiger partial charge in [-0.15, -0.1) is 0 Å². The molecule has 0 aliphatic rings. The zero-order valence-corrected chi connectivity index (χ0v) is 65.1. The molecule has 0 aliphatic heterocycles. The summed E-state index contributed by atoms with van der Waals surface area (Å²) in [5.41, 5.74) is 26.8. The van der Waals surface area contributed by atoms with Crippen molar-refractivity contribution in [3.8, 4) is 141 Å². The van der Waals surface area contributed by atoms with Crippen LogP contribution < -0.4 is 0 Å². The molecule has 119 heavy (non-hydrogen) atoms. The van der Waals surface area contributed by atoms with E-state index in [9.17, 15) is 0 Å². The van der Waals surface area contributed by atoms with Gasteiger partial charge in [0.1, 0.15) is 22.1 Å². The number of aromatic nitrogens is 13. The van der Waals surface area contributed by atoms with Gasteiger partial charge in [-0.25, -0.2) is 39.9 Å². The maximum Gasteiger partial charge on any atom is 0.164 e. The average Bonchev–Trinajstić information content (AvgIpc) is 1.70. The van der Waals surface area contributed by atoms with Gasteiger partial charge in [-0.1, -0.05) is 285 Å². The van der Waals surface area contributed by atoms with E-state index in [1.807, 2.05) is 66.7 Å². The van der Waals surface area contributed by atoms with Crippen LogP contribution in [-0.2, 0) is 0 Å². The highest BCUT2D eigenvalue weighted by Crippen LogP contribution is 2.43. The molecule has 7 aromatic heterocycles. The van der Waals surface area contributed by atoms with Crippen molar-refractivity contribution in [3.63, 3.8) is 0 Å². The largest absolute Gasteiger partial charge is 0.309 e. The number of para-hydroxylation sites is 2. The van der Waals surface area contributed by atoms with Crippen LogP contribution in [0.4, 0.5) is 0 Å². The molecule has 0 aliphatic carbocycles. The molecule has 7 heterocycles. The third-order valence-corrected chi connectivity index (χ3v) is 23.2. The third-order valence-electron chi connectivity index (χ3n) is 22.1. The summed E-state index contributed by atoms with van der Waals surface area (Å²) >= 11 is 2.48. The summed E-state index contributed by atoms with van der Waals surface area (Å²) in [4.78, 5) is 41.3.